The number of H-pyrrole nitrogens is 1. The lowest BCUT2D eigenvalue weighted by molar-refractivity contribution is 0.00578. The van der Waals surface area contributed by atoms with Crippen molar-refractivity contribution in [2.45, 2.75) is 45.8 Å². The number of benzene rings is 1. The summed E-state index contributed by atoms with van der Waals surface area (Å²) in [6.07, 6.45) is 1.79. The molecule has 0 unspecified atom stereocenters. The van der Waals surface area contributed by atoms with Gasteiger partial charge in [0, 0.05) is 11.8 Å². The lowest BCUT2D eigenvalue weighted by Crippen LogP contribution is -2.41. The zero-order valence-corrected chi connectivity index (χ0v) is 13.2. The molecular formula is C16H21BN2O2. The maximum absolute atomic E-state index is 6.02. The number of rotatable bonds is 2. The third kappa shape index (κ3) is 2.52. The van der Waals surface area contributed by atoms with Crippen molar-refractivity contribution in [1.82, 2.24) is 9.97 Å². The van der Waals surface area contributed by atoms with Crippen LogP contribution in [-0.4, -0.2) is 28.3 Å². The Labute approximate surface area is 126 Å². The molecule has 5 heteroatoms. The third-order valence-electron chi connectivity index (χ3n) is 4.43. The average molecular weight is 284 g/mol. The molecule has 1 fully saturated rings. The van der Waals surface area contributed by atoms with Crippen LogP contribution in [0.1, 0.15) is 33.3 Å². The quantitative estimate of drug-likeness (QED) is 0.862. The average Bonchev–Trinajstić information content (AvgIpc) is 2.94. The second kappa shape index (κ2) is 4.72. The lowest BCUT2D eigenvalue weighted by atomic mass is 9.86. The van der Waals surface area contributed by atoms with E-state index in [2.05, 4.69) is 41.2 Å². The number of aryl methyl sites for hydroxylation is 1. The van der Waals surface area contributed by atoms with E-state index in [0.29, 0.717) is 0 Å². The van der Waals surface area contributed by atoms with E-state index in [1.165, 1.54) is 5.56 Å². The van der Waals surface area contributed by atoms with Crippen LogP contribution in [0.3, 0.4) is 0 Å². The first-order chi connectivity index (χ1) is 9.78. The van der Waals surface area contributed by atoms with Gasteiger partial charge >= 0.3 is 7.12 Å². The molecule has 1 aromatic carbocycles. The van der Waals surface area contributed by atoms with Crippen LogP contribution in [0.5, 0.6) is 0 Å². The first-order valence-corrected chi connectivity index (χ1v) is 7.26. The van der Waals surface area contributed by atoms with Crippen LogP contribution in [0.15, 0.2) is 30.5 Å². The Morgan fingerprint density at radius 3 is 2.14 bits per heavy atom. The van der Waals surface area contributed by atoms with Crippen molar-refractivity contribution in [3.05, 3.63) is 36.0 Å². The summed E-state index contributed by atoms with van der Waals surface area (Å²) in [5.41, 5.74) is 2.46. The normalized spacial score (nSPS) is 20.0. The first kappa shape index (κ1) is 14.4. The van der Waals surface area contributed by atoms with E-state index < -0.39 is 7.12 Å². The Morgan fingerprint density at radius 2 is 1.57 bits per heavy atom. The van der Waals surface area contributed by atoms with Crippen LogP contribution in [0.4, 0.5) is 0 Å². The molecular weight excluding hydrogens is 263 g/mol. The van der Waals surface area contributed by atoms with Crippen molar-refractivity contribution in [2.24, 2.45) is 0 Å². The van der Waals surface area contributed by atoms with Crippen LogP contribution in [0.25, 0.3) is 11.4 Å². The maximum Gasteiger partial charge on any atom is 0.513 e. The Bertz CT molecular complexity index is 631. The summed E-state index contributed by atoms with van der Waals surface area (Å²) in [5.74, 6) is 0.833. The van der Waals surface area contributed by atoms with Crippen molar-refractivity contribution >= 4 is 12.7 Å². The summed E-state index contributed by atoms with van der Waals surface area (Å²) in [6.45, 7) is 10.3. The molecule has 0 amide bonds. The van der Waals surface area contributed by atoms with Crippen LogP contribution < -0.4 is 5.59 Å². The molecule has 110 valence electrons. The standard InChI is InChI=1S/C16H21BN2O2/c1-11-6-8-12(9-7-11)14-18-10-13(19-14)17-20-15(2,3)16(4,5)21-17/h6-10H,1-5H3,(H,18,19). The van der Waals surface area contributed by atoms with Crippen molar-refractivity contribution in [3.63, 3.8) is 0 Å². The summed E-state index contributed by atoms with van der Waals surface area (Å²) in [6, 6.07) is 8.27. The van der Waals surface area contributed by atoms with Crippen molar-refractivity contribution < 1.29 is 9.31 Å². The molecule has 2 aromatic rings. The van der Waals surface area contributed by atoms with Gasteiger partial charge < -0.3 is 14.3 Å². The summed E-state index contributed by atoms with van der Waals surface area (Å²) in [7, 11) is -0.401. The number of hydrogen-bond acceptors (Lipinski definition) is 3. The van der Waals surface area contributed by atoms with E-state index in [9.17, 15) is 0 Å². The summed E-state index contributed by atoms with van der Waals surface area (Å²) >= 11 is 0. The van der Waals surface area contributed by atoms with E-state index in [-0.39, 0.29) is 11.2 Å². The van der Waals surface area contributed by atoms with Gasteiger partial charge in [0.05, 0.1) is 16.8 Å². The fraction of sp³-hybridized carbons (Fsp3) is 0.438. The highest BCUT2D eigenvalue weighted by Gasteiger charge is 2.52. The lowest BCUT2D eigenvalue weighted by Gasteiger charge is -2.32. The molecule has 21 heavy (non-hydrogen) atoms. The van der Waals surface area contributed by atoms with Gasteiger partial charge in [0.25, 0.3) is 0 Å². The van der Waals surface area contributed by atoms with Gasteiger partial charge in [-0.05, 0) is 34.6 Å². The molecule has 1 N–H and O–H groups in total. The van der Waals surface area contributed by atoms with Crippen molar-refractivity contribution in [3.8, 4) is 11.4 Å². The van der Waals surface area contributed by atoms with Crippen LogP contribution in [-0.2, 0) is 9.31 Å². The largest absolute Gasteiger partial charge is 0.513 e. The minimum Gasteiger partial charge on any atom is -0.398 e. The number of aromatic nitrogens is 2. The van der Waals surface area contributed by atoms with Crippen molar-refractivity contribution in [1.29, 1.82) is 0 Å². The number of nitrogens with one attached hydrogen (secondary N) is 1. The molecule has 0 saturated carbocycles. The summed E-state index contributed by atoms with van der Waals surface area (Å²) in [5, 5.41) is 0. The highest BCUT2D eigenvalue weighted by atomic mass is 16.7. The summed E-state index contributed by atoms with van der Waals surface area (Å²) in [4.78, 5) is 7.75. The molecule has 2 heterocycles. The Kier molecular flexibility index (Phi) is 3.22. The van der Waals surface area contributed by atoms with Gasteiger partial charge in [-0.15, -0.1) is 0 Å². The predicted octanol–water partition coefficient (Wildman–Crippen LogP) is 2.68. The van der Waals surface area contributed by atoms with Gasteiger partial charge in [0.15, 0.2) is 0 Å². The molecule has 0 spiro atoms. The second-order valence-electron chi connectivity index (χ2n) is 6.64. The maximum atomic E-state index is 6.02. The number of hydrogen-bond donors (Lipinski definition) is 1. The molecule has 0 atom stereocenters. The van der Waals surface area contributed by atoms with Gasteiger partial charge in [0.2, 0.25) is 0 Å². The summed E-state index contributed by atoms with van der Waals surface area (Å²) < 4.78 is 12.0. The first-order valence-electron chi connectivity index (χ1n) is 7.26. The smallest absolute Gasteiger partial charge is 0.398 e. The monoisotopic (exact) mass is 284 g/mol. The predicted molar refractivity (Wildman–Crippen MR) is 84.5 cm³/mol. The molecule has 0 bridgehead atoms. The number of aromatic amines is 1. The zero-order chi connectivity index (χ0) is 15.3. The Balaban J connectivity index is 1.85. The zero-order valence-electron chi connectivity index (χ0n) is 13.2. The van der Waals surface area contributed by atoms with Crippen LogP contribution in [0.2, 0.25) is 0 Å². The van der Waals surface area contributed by atoms with Gasteiger partial charge in [0.1, 0.15) is 5.82 Å². The topological polar surface area (TPSA) is 47.1 Å². The minimum atomic E-state index is -0.401. The third-order valence-corrected chi connectivity index (χ3v) is 4.43. The minimum absolute atomic E-state index is 0.340. The van der Waals surface area contributed by atoms with E-state index in [4.69, 9.17) is 9.31 Å². The van der Waals surface area contributed by atoms with E-state index in [1.807, 2.05) is 27.7 Å². The molecule has 1 aliphatic rings. The van der Waals surface area contributed by atoms with Crippen LogP contribution >= 0.6 is 0 Å². The molecule has 1 saturated heterocycles. The second-order valence-corrected chi connectivity index (χ2v) is 6.64. The Hall–Kier alpha value is -1.59. The SMILES string of the molecule is Cc1ccc(-c2ncc(B3OC(C)(C)C(C)(C)O3)[nH]2)cc1. The van der Waals surface area contributed by atoms with E-state index >= 15 is 0 Å². The van der Waals surface area contributed by atoms with E-state index in [0.717, 1.165) is 17.0 Å². The molecule has 1 aromatic heterocycles. The molecule has 0 aliphatic carbocycles. The molecule has 1 aliphatic heterocycles. The molecule has 3 rings (SSSR count). The van der Waals surface area contributed by atoms with Crippen molar-refractivity contribution in [2.75, 3.05) is 0 Å². The number of nitrogens with zero attached hydrogens (tertiary/aromatic N) is 1. The fourth-order valence-electron chi connectivity index (χ4n) is 2.28. The molecule has 0 radical (unpaired) electrons. The van der Waals surface area contributed by atoms with Gasteiger partial charge in [-0.1, -0.05) is 29.8 Å². The number of imidazole rings is 1. The van der Waals surface area contributed by atoms with Gasteiger partial charge in [-0.25, -0.2) is 4.98 Å². The van der Waals surface area contributed by atoms with Gasteiger partial charge in [-0.2, -0.15) is 0 Å². The van der Waals surface area contributed by atoms with Crippen LogP contribution in [0, 0.1) is 6.92 Å². The Morgan fingerprint density at radius 1 is 1.00 bits per heavy atom. The highest BCUT2D eigenvalue weighted by molar-refractivity contribution is 6.61. The molecule has 4 nitrogen and oxygen atoms in total. The van der Waals surface area contributed by atoms with E-state index in [1.54, 1.807) is 6.20 Å². The van der Waals surface area contributed by atoms with Gasteiger partial charge in [-0.3, -0.25) is 0 Å². The fourth-order valence-corrected chi connectivity index (χ4v) is 2.28. The highest BCUT2D eigenvalue weighted by Crippen LogP contribution is 2.36.